The number of hydrogen-bond acceptors (Lipinski definition) is 3. The first-order valence-corrected chi connectivity index (χ1v) is 7.28. The van der Waals surface area contributed by atoms with Crippen molar-refractivity contribution in [1.82, 2.24) is 15.5 Å². The summed E-state index contributed by atoms with van der Waals surface area (Å²) in [5, 5.41) is 6.27. The molecule has 2 N–H and O–H groups in total. The molecule has 2 rings (SSSR count). The molecule has 4 nitrogen and oxygen atoms in total. The van der Waals surface area contributed by atoms with Crippen molar-refractivity contribution < 1.29 is 4.79 Å². The molecule has 0 unspecified atom stereocenters. The van der Waals surface area contributed by atoms with Crippen LogP contribution in [0.4, 0.5) is 0 Å². The molecule has 0 aromatic rings. The minimum absolute atomic E-state index is 0.0679. The molecule has 1 saturated heterocycles. The second-order valence-electron chi connectivity index (χ2n) is 6.10. The molecule has 0 aromatic carbocycles. The summed E-state index contributed by atoms with van der Waals surface area (Å²) >= 11 is 0. The van der Waals surface area contributed by atoms with Crippen LogP contribution in [0.5, 0.6) is 0 Å². The van der Waals surface area contributed by atoms with Crippen molar-refractivity contribution in [3.8, 4) is 0 Å². The molecule has 0 atom stereocenters. The highest BCUT2D eigenvalue weighted by molar-refractivity contribution is 5.85. The number of carbonyl (C=O) groups is 1. The van der Waals surface area contributed by atoms with Gasteiger partial charge in [0.2, 0.25) is 5.91 Å². The summed E-state index contributed by atoms with van der Waals surface area (Å²) in [5.41, 5.74) is -0.0679. The fourth-order valence-corrected chi connectivity index (χ4v) is 2.90. The predicted octanol–water partition coefficient (Wildman–Crippen LogP) is 0.834. The third kappa shape index (κ3) is 3.45. The lowest BCUT2D eigenvalue weighted by Gasteiger charge is -2.29. The lowest BCUT2D eigenvalue weighted by atomic mass is 9.94. The van der Waals surface area contributed by atoms with Crippen LogP contribution in [0.15, 0.2) is 0 Å². The fourth-order valence-electron chi connectivity index (χ4n) is 2.90. The zero-order valence-corrected chi connectivity index (χ0v) is 11.8. The van der Waals surface area contributed by atoms with Crippen LogP contribution < -0.4 is 10.6 Å². The molecule has 1 aliphatic heterocycles. The Bertz CT molecular complexity index is 281. The van der Waals surface area contributed by atoms with Gasteiger partial charge in [-0.3, -0.25) is 4.79 Å². The number of nitrogens with one attached hydrogen (secondary N) is 2. The molecular weight excluding hydrogens is 226 g/mol. The Labute approximate surface area is 110 Å². The highest BCUT2D eigenvalue weighted by Crippen LogP contribution is 2.45. The number of nitrogens with zero attached hydrogens (tertiary/aromatic N) is 1. The van der Waals surface area contributed by atoms with E-state index < -0.39 is 0 Å². The Hall–Kier alpha value is -0.610. The summed E-state index contributed by atoms with van der Waals surface area (Å²) in [6, 6.07) is 0. The van der Waals surface area contributed by atoms with E-state index in [-0.39, 0.29) is 11.3 Å². The third-order valence-electron chi connectivity index (χ3n) is 4.53. The number of amides is 1. The summed E-state index contributed by atoms with van der Waals surface area (Å²) in [6.07, 6.45) is 5.82. The van der Waals surface area contributed by atoms with Crippen molar-refractivity contribution in [1.29, 1.82) is 0 Å². The molecule has 104 valence electrons. The number of likely N-dealkylation sites (tertiary alicyclic amines) is 1. The molecule has 1 amide bonds. The molecule has 0 bridgehead atoms. The van der Waals surface area contributed by atoms with E-state index in [1.165, 1.54) is 25.9 Å². The lowest BCUT2D eigenvalue weighted by Crippen LogP contribution is -2.39. The van der Waals surface area contributed by atoms with E-state index in [2.05, 4.69) is 22.6 Å². The zero-order chi connectivity index (χ0) is 13.0. The Balaban J connectivity index is 1.62. The van der Waals surface area contributed by atoms with E-state index in [0.29, 0.717) is 0 Å². The Morgan fingerprint density at radius 3 is 2.56 bits per heavy atom. The topological polar surface area (TPSA) is 44.4 Å². The molecule has 1 saturated carbocycles. The number of rotatable bonds is 6. The van der Waals surface area contributed by atoms with Crippen molar-refractivity contribution >= 4 is 5.91 Å². The summed E-state index contributed by atoms with van der Waals surface area (Å²) < 4.78 is 0. The Morgan fingerprint density at radius 2 is 2.00 bits per heavy atom. The summed E-state index contributed by atoms with van der Waals surface area (Å²) in [6.45, 7) is 4.11. The van der Waals surface area contributed by atoms with Crippen LogP contribution in [-0.2, 0) is 4.79 Å². The van der Waals surface area contributed by atoms with Crippen molar-refractivity contribution in [2.75, 3.05) is 40.3 Å². The second kappa shape index (κ2) is 6.02. The zero-order valence-electron chi connectivity index (χ0n) is 11.8. The quantitative estimate of drug-likeness (QED) is 0.737. The largest absolute Gasteiger partial charge is 0.356 e. The van der Waals surface area contributed by atoms with Crippen LogP contribution in [-0.4, -0.2) is 51.1 Å². The number of carbonyl (C=O) groups excluding carboxylic acids is 1. The average molecular weight is 253 g/mol. The van der Waals surface area contributed by atoms with Gasteiger partial charge in [-0.2, -0.15) is 0 Å². The third-order valence-corrected chi connectivity index (χ3v) is 4.53. The van der Waals surface area contributed by atoms with Gasteiger partial charge in [0.25, 0.3) is 0 Å². The Morgan fingerprint density at radius 1 is 1.33 bits per heavy atom. The van der Waals surface area contributed by atoms with Gasteiger partial charge in [0.1, 0.15) is 0 Å². The van der Waals surface area contributed by atoms with E-state index in [4.69, 9.17) is 0 Å². The van der Waals surface area contributed by atoms with E-state index in [0.717, 1.165) is 38.3 Å². The van der Waals surface area contributed by atoms with E-state index in [9.17, 15) is 4.79 Å². The van der Waals surface area contributed by atoms with Crippen molar-refractivity contribution in [2.24, 2.45) is 11.3 Å². The lowest BCUT2D eigenvalue weighted by molar-refractivity contribution is -0.126. The van der Waals surface area contributed by atoms with E-state index in [1.54, 1.807) is 0 Å². The average Bonchev–Trinajstić information content (AvgIpc) is 3.13. The normalized spacial score (nSPS) is 23.9. The molecule has 1 heterocycles. The van der Waals surface area contributed by atoms with Crippen LogP contribution in [0.1, 0.15) is 32.1 Å². The van der Waals surface area contributed by atoms with Crippen LogP contribution in [0.3, 0.4) is 0 Å². The van der Waals surface area contributed by atoms with Crippen molar-refractivity contribution in [2.45, 2.75) is 32.1 Å². The smallest absolute Gasteiger partial charge is 0.227 e. The highest BCUT2D eigenvalue weighted by Gasteiger charge is 2.48. The SMILES string of the molecule is CNCC1(C(=O)NCCC2CCN(C)CC2)CC1. The monoisotopic (exact) mass is 253 g/mol. The first-order chi connectivity index (χ1) is 8.66. The highest BCUT2D eigenvalue weighted by atomic mass is 16.2. The first kappa shape index (κ1) is 13.8. The van der Waals surface area contributed by atoms with Crippen molar-refractivity contribution in [3.63, 3.8) is 0 Å². The molecular formula is C14H27N3O. The number of hydrogen-bond donors (Lipinski definition) is 2. The maximum absolute atomic E-state index is 12.1. The molecule has 2 aliphatic rings. The summed E-state index contributed by atoms with van der Waals surface area (Å²) in [7, 11) is 4.11. The van der Waals surface area contributed by atoms with Gasteiger partial charge in [0.15, 0.2) is 0 Å². The summed E-state index contributed by atoms with van der Waals surface area (Å²) in [5.74, 6) is 1.07. The molecule has 0 aromatic heterocycles. The predicted molar refractivity (Wildman–Crippen MR) is 73.4 cm³/mol. The van der Waals surface area contributed by atoms with E-state index in [1.807, 2.05) is 7.05 Å². The first-order valence-electron chi connectivity index (χ1n) is 7.28. The maximum atomic E-state index is 12.1. The molecule has 0 radical (unpaired) electrons. The fraction of sp³-hybridized carbons (Fsp3) is 0.929. The van der Waals surface area contributed by atoms with Crippen molar-refractivity contribution in [3.05, 3.63) is 0 Å². The number of piperidine rings is 1. The molecule has 1 aliphatic carbocycles. The van der Waals surface area contributed by atoms with Crippen LogP contribution in [0.25, 0.3) is 0 Å². The van der Waals surface area contributed by atoms with E-state index >= 15 is 0 Å². The van der Waals surface area contributed by atoms with Crippen LogP contribution >= 0.6 is 0 Å². The Kier molecular flexibility index (Phi) is 4.62. The van der Waals surface area contributed by atoms with Gasteiger partial charge < -0.3 is 15.5 Å². The van der Waals surface area contributed by atoms with Gasteiger partial charge in [-0.05, 0) is 65.2 Å². The molecule has 0 spiro atoms. The minimum atomic E-state index is -0.0679. The second-order valence-corrected chi connectivity index (χ2v) is 6.10. The summed E-state index contributed by atoms with van der Waals surface area (Å²) in [4.78, 5) is 14.4. The van der Waals surface area contributed by atoms with Crippen LogP contribution in [0, 0.1) is 11.3 Å². The van der Waals surface area contributed by atoms with Crippen LogP contribution in [0.2, 0.25) is 0 Å². The van der Waals surface area contributed by atoms with Gasteiger partial charge in [-0.15, -0.1) is 0 Å². The standard InChI is InChI=1S/C14H27N3O/c1-15-11-14(6-7-14)13(18)16-8-3-12-4-9-17(2)10-5-12/h12,15H,3-11H2,1-2H3,(H,16,18). The van der Waals surface area contributed by atoms with Gasteiger partial charge in [-0.25, -0.2) is 0 Å². The maximum Gasteiger partial charge on any atom is 0.227 e. The molecule has 2 fully saturated rings. The van der Waals surface area contributed by atoms with Gasteiger partial charge in [0, 0.05) is 13.1 Å². The molecule has 4 heteroatoms. The molecule has 18 heavy (non-hydrogen) atoms. The van der Waals surface area contributed by atoms with Gasteiger partial charge in [-0.1, -0.05) is 0 Å². The van der Waals surface area contributed by atoms with Gasteiger partial charge >= 0.3 is 0 Å². The van der Waals surface area contributed by atoms with Gasteiger partial charge in [0.05, 0.1) is 5.41 Å². The minimum Gasteiger partial charge on any atom is -0.356 e.